The molecule has 0 fully saturated rings. The van der Waals surface area contributed by atoms with Crippen LogP contribution in [0.5, 0.6) is 5.75 Å². The molecule has 0 atom stereocenters. The molecule has 2 amide bonds. The molecule has 0 saturated heterocycles. The lowest BCUT2D eigenvalue weighted by molar-refractivity contribution is -0.149. The van der Waals surface area contributed by atoms with Crippen LogP contribution in [-0.4, -0.2) is 31.0 Å². The SMILES string of the molecule is O=C(COC(=O)CCOc1ccccc1)NNC(=O)c1ccco1. The fraction of sp³-hybridized carbons (Fsp3) is 0.188. The molecule has 2 rings (SSSR count). The summed E-state index contributed by atoms with van der Waals surface area (Å²) in [5.41, 5.74) is 4.23. The van der Waals surface area contributed by atoms with Gasteiger partial charge in [-0.3, -0.25) is 25.2 Å². The van der Waals surface area contributed by atoms with Crippen LogP contribution in [0.1, 0.15) is 17.0 Å². The summed E-state index contributed by atoms with van der Waals surface area (Å²) in [4.78, 5) is 34.4. The molecule has 0 bridgehead atoms. The fourth-order valence-corrected chi connectivity index (χ4v) is 1.62. The van der Waals surface area contributed by atoms with Gasteiger partial charge in [0.1, 0.15) is 5.75 Å². The Morgan fingerprint density at radius 3 is 2.50 bits per heavy atom. The van der Waals surface area contributed by atoms with Crippen molar-refractivity contribution < 1.29 is 28.3 Å². The van der Waals surface area contributed by atoms with Gasteiger partial charge in [-0.15, -0.1) is 0 Å². The summed E-state index contributed by atoms with van der Waals surface area (Å²) in [6.07, 6.45) is 1.33. The van der Waals surface area contributed by atoms with Crippen LogP contribution in [-0.2, 0) is 14.3 Å². The summed E-state index contributed by atoms with van der Waals surface area (Å²) < 4.78 is 14.9. The van der Waals surface area contributed by atoms with Gasteiger partial charge in [-0.25, -0.2) is 0 Å². The molecule has 0 spiro atoms. The maximum absolute atomic E-state index is 11.5. The van der Waals surface area contributed by atoms with Crippen molar-refractivity contribution in [2.75, 3.05) is 13.2 Å². The topological polar surface area (TPSA) is 107 Å². The number of para-hydroxylation sites is 1. The molecule has 1 aromatic heterocycles. The van der Waals surface area contributed by atoms with Gasteiger partial charge in [0, 0.05) is 0 Å². The molecule has 24 heavy (non-hydrogen) atoms. The smallest absolute Gasteiger partial charge is 0.309 e. The highest BCUT2D eigenvalue weighted by molar-refractivity contribution is 5.93. The van der Waals surface area contributed by atoms with Gasteiger partial charge in [-0.05, 0) is 24.3 Å². The second kappa shape index (κ2) is 8.99. The zero-order valence-electron chi connectivity index (χ0n) is 12.7. The molecule has 8 nitrogen and oxygen atoms in total. The van der Waals surface area contributed by atoms with Crippen LogP contribution in [0, 0.1) is 0 Å². The Labute approximate surface area is 137 Å². The molecule has 1 heterocycles. The molecule has 8 heteroatoms. The lowest BCUT2D eigenvalue weighted by Gasteiger charge is -2.08. The number of hydrogen-bond acceptors (Lipinski definition) is 6. The van der Waals surface area contributed by atoms with E-state index in [1.165, 1.54) is 18.4 Å². The van der Waals surface area contributed by atoms with E-state index < -0.39 is 24.4 Å². The lowest BCUT2D eigenvalue weighted by atomic mass is 10.3. The maximum atomic E-state index is 11.5. The summed E-state index contributed by atoms with van der Waals surface area (Å²) in [6, 6.07) is 12.0. The number of nitrogens with one attached hydrogen (secondary N) is 2. The summed E-state index contributed by atoms with van der Waals surface area (Å²) in [5, 5.41) is 0. The predicted octanol–water partition coefficient (Wildman–Crippen LogP) is 1.05. The number of furan rings is 1. The highest BCUT2D eigenvalue weighted by Crippen LogP contribution is 2.08. The number of ether oxygens (including phenoxy) is 2. The van der Waals surface area contributed by atoms with E-state index in [1.807, 2.05) is 18.2 Å². The van der Waals surface area contributed by atoms with Crippen molar-refractivity contribution in [1.82, 2.24) is 10.9 Å². The van der Waals surface area contributed by atoms with Crippen molar-refractivity contribution in [3.63, 3.8) is 0 Å². The number of hydrazine groups is 1. The Morgan fingerprint density at radius 1 is 1.00 bits per heavy atom. The number of hydrogen-bond donors (Lipinski definition) is 2. The van der Waals surface area contributed by atoms with Crippen molar-refractivity contribution >= 4 is 17.8 Å². The number of amides is 2. The molecule has 126 valence electrons. The van der Waals surface area contributed by atoms with E-state index in [4.69, 9.17) is 13.9 Å². The molecule has 2 N–H and O–H groups in total. The van der Waals surface area contributed by atoms with Crippen molar-refractivity contribution in [3.05, 3.63) is 54.5 Å². The first-order valence-electron chi connectivity index (χ1n) is 7.11. The first-order valence-corrected chi connectivity index (χ1v) is 7.11. The number of benzene rings is 1. The first-order chi connectivity index (χ1) is 11.6. The summed E-state index contributed by atoms with van der Waals surface area (Å²) in [7, 11) is 0. The summed E-state index contributed by atoms with van der Waals surface area (Å²) in [5.74, 6) is -1.18. The van der Waals surface area contributed by atoms with Gasteiger partial charge >= 0.3 is 11.9 Å². The van der Waals surface area contributed by atoms with Crippen LogP contribution >= 0.6 is 0 Å². The first kappa shape index (κ1) is 17.1. The molecule has 0 aliphatic heterocycles. The molecular weight excluding hydrogens is 316 g/mol. The van der Waals surface area contributed by atoms with E-state index in [1.54, 1.807) is 12.1 Å². The van der Waals surface area contributed by atoms with E-state index in [0.717, 1.165) is 0 Å². The number of carbonyl (C=O) groups excluding carboxylic acids is 3. The van der Waals surface area contributed by atoms with Gasteiger partial charge in [-0.2, -0.15) is 0 Å². The second-order valence-electron chi connectivity index (χ2n) is 4.55. The minimum atomic E-state index is -0.674. The number of rotatable bonds is 7. The Hall–Kier alpha value is -3.29. The Balaban J connectivity index is 1.57. The lowest BCUT2D eigenvalue weighted by Crippen LogP contribution is -2.43. The van der Waals surface area contributed by atoms with Gasteiger partial charge < -0.3 is 13.9 Å². The van der Waals surface area contributed by atoms with Gasteiger partial charge in [-0.1, -0.05) is 18.2 Å². The maximum Gasteiger partial charge on any atom is 0.309 e. The van der Waals surface area contributed by atoms with Crippen molar-refractivity contribution in [3.8, 4) is 5.75 Å². The Bertz CT molecular complexity index is 669. The molecular formula is C16H16N2O6. The van der Waals surface area contributed by atoms with Crippen LogP contribution in [0.4, 0.5) is 0 Å². The monoisotopic (exact) mass is 332 g/mol. The number of carbonyl (C=O) groups is 3. The third-order valence-corrected chi connectivity index (χ3v) is 2.74. The van der Waals surface area contributed by atoms with E-state index >= 15 is 0 Å². The normalized spacial score (nSPS) is 9.83. The summed E-state index contributed by atoms with van der Waals surface area (Å²) >= 11 is 0. The quantitative estimate of drug-likeness (QED) is 0.580. The molecule has 0 radical (unpaired) electrons. The van der Waals surface area contributed by atoms with Gasteiger partial charge in [0.2, 0.25) is 0 Å². The van der Waals surface area contributed by atoms with Crippen molar-refractivity contribution in [2.45, 2.75) is 6.42 Å². The fourth-order valence-electron chi connectivity index (χ4n) is 1.62. The van der Waals surface area contributed by atoms with Crippen molar-refractivity contribution in [1.29, 1.82) is 0 Å². The van der Waals surface area contributed by atoms with E-state index in [0.29, 0.717) is 5.75 Å². The van der Waals surface area contributed by atoms with Crippen LogP contribution < -0.4 is 15.6 Å². The highest BCUT2D eigenvalue weighted by Gasteiger charge is 2.11. The third kappa shape index (κ3) is 5.84. The molecule has 0 aliphatic carbocycles. The molecule has 1 aromatic carbocycles. The Morgan fingerprint density at radius 2 is 1.79 bits per heavy atom. The van der Waals surface area contributed by atoms with Crippen molar-refractivity contribution in [2.24, 2.45) is 0 Å². The predicted molar refractivity (Wildman–Crippen MR) is 81.8 cm³/mol. The molecule has 0 unspecified atom stereocenters. The largest absolute Gasteiger partial charge is 0.493 e. The zero-order chi connectivity index (χ0) is 17.2. The molecule has 0 aliphatic rings. The van der Waals surface area contributed by atoms with E-state index in [9.17, 15) is 14.4 Å². The van der Waals surface area contributed by atoms with Crippen LogP contribution in [0.15, 0.2) is 53.1 Å². The third-order valence-electron chi connectivity index (χ3n) is 2.74. The second-order valence-corrected chi connectivity index (χ2v) is 4.55. The van der Waals surface area contributed by atoms with Gasteiger partial charge in [0.25, 0.3) is 5.91 Å². The van der Waals surface area contributed by atoms with Gasteiger partial charge in [0.15, 0.2) is 12.4 Å². The van der Waals surface area contributed by atoms with E-state index in [-0.39, 0.29) is 18.8 Å². The number of esters is 1. The average molecular weight is 332 g/mol. The van der Waals surface area contributed by atoms with E-state index in [2.05, 4.69) is 10.9 Å². The minimum absolute atomic E-state index is 0.000921. The van der Waals surface area contributed by atoms with Crippen LogP contribution in [0.3, 0.4) is 0 Å². The van der Waals surface area contributed by atoms with Crippen LogP contribution in [0.25, 0.3) is 0 Å². The minimum Gasteiger partial charge on any atom is -0.493 e. The highest BCUT2D eigenvalue weighted by atomic mass is 16.5. The summed E-state index contributed by atoms with van der Waals surface area (Å²) in [6.45, 7) is -0.373. The Kier molecular flexibility index (Phi) is 6.39. The van der Waals surface area contributed by atoms with Crippen LogP contribution in [0.2, 0.25) is 0 Å². The van der Waals surface area contributed by atoms with Gasteiger partial charge in [0.05, 0.1) is 19.3 Å². The zero-order valence-corrected chi connectivity index (χ0v) is 12.7. The average Bonchev–Trinajstić information content (AvgIpc) is 3.13. The standard InChI is InChI=1S/C16H16N2O6/c19-14(17-18-16(21)13-7-4-9-23-13)11-24-15(20)8-10-22-12-5-2-1-3-6-12/h1-7,9H,8,10-11H2,(H,17,19)(H,18,21). The molecule has 2 aromatic rings. The molecule has 0 saturated carbocycles.